The smallest absolute Gasteiger partial charge is 0.230 e. The minimum atomic E-state index is -0.448. The van der Waals surface area contributed by atoms with Crippen molar-refractivity contribution in [3.05, 3.63) is 34.9 Å². The van der Waals surface area contributed by atoms with Crippen molar-refractivity contribution >= 4 is 5.91 Å². The fourth-order valence-corrected chi connectivity index (χ4v) is 2.45. The molecule has 1 aliphatic carbocycles. The van der Waals surface area contributed by atoms with Crippen molar-refractivity contribution in [1.82, 2.24) is 4.90 Å². The lowest BCUT2D eigenvalue weighted by atomic mass is 10.0. The van der Waals surface area contributed by atoms with Gasteiger partial charge in [-0.3, -0.25) is 4.79 Å². The van der Waals surface area contributed by atoms with Crippen LogP contribution in [-0.4, -0.2) is 36.1 Å². The first-order valence-corrected chi connectivity index (χ1v) is 6.91. The molecule has 0 aromatic heterocycles. The fraction of sp³-hybridized carbons (Fsp3) is 0.562. The summed E-state index contributed by atoms with van der Waals surface area (Å²) in [6.45, 7) is 4.89. The van der Waals surface area contributed by atoms with E-state index in [0.717, 1.165) is 19.3 Å². The number of hydrogen-bond donors (Lipinski definition) is 1. The summed E-state index contributed by atoms with van der Waals surface area (Å²) in [7, 11) is 1.84. The molecule has 0 saturated heterocycles. The van der Waals surface area contributed by atoms with E-state index < -0.39 is 5.41 Å². The van der Waals surface area contributed by atoms with Crippen LogP contribution in [0, 0.1) is 19.3 Å². The van der Waals surface area contributed by atoms with Gasteiger partial charge in [0, 0.05) is 13.6 Å². The lowest BCUT2D eigenvalue weighted by molar-refractivity contribution is -0.137. The molecule has 1 amide bonds. The van der Waals surface area contributed by atoms with Crippen molar-refractivity contribution in [3.8, 4) is 0 Å². The first kappa shape index (κ1) is 14.1. The number of nitrogens with zero attached hydrogens (tertiary/aromatic N) is 1. The van der Waals surface area contributed by atoms with E-state index in [-0.39, 0.29) is 12.5 Å². The molecule has 1 fully saturated rings. The topological polar surface area (TPSA) is 40.5 Å². The number of aliphatic hydroxyl groups excluding tert-OH is 1. The highest BCUT2D eigenvalue weighted by molar-refractivity contribution is 5.85. The monoisotopic (exact) mass is 261 g/mol. The van der Waals surface area contributed by atoms with Gasteiger partial charge in [-0.15, -0.1) is 0 Å². The number of carbonyl (C=O) groups is 1. The quantitative estimate of drug-likeness (QED) is 0.881. The number of amides is 1. The van der Waals surface area contributed by atoms with E-state index in [1.165, 1.54) is 16.7 Å². The van der Waals surface area contributed by atoms with Gasteiger partial charge >= 0.3 is 0 Å². The summed E-state index contributed by atoms with van der Waals surface area (Å²) in [5.41, 5.74) is 3.38. The average Bonchev–Trinajstić information content (AvgIpc) is 3.19. The second-order valence-corrected chi connectivity index (χ2v) is 5.85. The normalized spacial score (nSPS) is 16.2. The van der Waals surface area contributed by atoms with Crippen LogP contribution in [0.5, 0.6) is 0 Å². The maximum atomic E-state index is 12.2. The summed E-state index contributed by atoms with van der Waals surface area (Å²) in [5, 5.41) is 9.29. The van der Waals surface area contributed by atoms with Gasteiger partial charge in [-0.05, 0) is 44.2 Å². The van der Waals surface area contributed by atoms with Crippen molar-refractivity contribution < 1.29 is 9.90 Å². The minimum absolute atomic E-state index is 0.0142. The van der Waals surface area contributed by atoms with Crippen LogP contribution in [0.25, 0.3) is 0 Å². The SMILES string of the molecule is Cc1ccc(C)c(CCN(C)C(=O)C2(CO)CC2)c1. The van der Waals surface area contributed by atoms with Crippen LogP contribution in [0.15, 0.2) is 18.2 Å². The summed E-state index contributed by atoms with van der Waals surface area (Å²) in [6, 6.07) is 6.42. The molecule has 0 heterocycles. The number of rotatable bonds is 5. The second kappa shape index (κ2) is 5.33. The van der Waals surface area contributed by atoms with Crippen molar-refractivity contribution in [3.63, 3.8) is 0 Å². The Labute approximate surface area is 115 Å². The van der Waals surface area contributed by atoms with Gasteiger partial charge in [-0.1, -0.05) is 23.8 Å². The van der Waals surface area contributed by atoms with Crippen molar-refractivity contribution in [2.45, 2.75) is 33.1 Å². The molecular weight excluding hydrogens is 238 g/mol. The summed E-state index contributed by atoms with van der Waals surface area (Å²) in [4.78, 5) is 14.0. The Morgan fingerprint density at radius 1 is 1.37 bits per heavy atom. The molecule has 19 heavy (non-hydrogen) atoms. The molecule has 1 aliphatic rings. The third kappa shape index (κ3) is 2.98. The maximum Gasteiger partial charge on any atom is 0.230 e. The minimum Gasteiger partial charge on any atom is -0.395 e. The van der Waals surface area contributed by atoms with Gasteiger partial charge in [0.2, 0.25) is 5.91 Å². The molecule has 104 valence electrons. The summed E-state index contributed by atoms with van der Waals surface area (Å²) in [6.07, 6.45) is 2.53. The Kier molecular flexibility index (Phi) is 3.95. The highest BCUT2D eigenvalue weighted by Gasteiger charge is 2.50. The van der Waals surface area contributed by atoms with Gasteiger partial charge < -0.3 is 10.0 Å². The Morgan fingerprint density at radius 2 is 2.05 bits per heavy atom. The van der Waals surface area contributed by atoms with E-state index in [1.54, 1.807) is 4.90 Å². The maximum absolute atomic E-state index is 12.2. The predicted molar refractivity (Wildman–Crippen MR) is 76.0 cm³/mol. The van der Waals surface area contributed by atoms with Gasteiger partial charge in [-0.2, -0.15) is 0 Å². The van der Waals surface area contributed by atoms with Gasteiger partial charge in [-0.25, -0.2) is 0 Å². The first-order valence-electron chi connectivity index (χ1n) is 6.91. The molecule has 1 aromatic rings. The second-order valence-electron chi connectivity index (χ2n) is 5.85. The molecule has 0 spiro atoms. The van der Waals surface area contributed by atoms with Gasteiger partial charge in [0.15, 0.2) is 0 Å². The first-order chi connectivity index (χ1) is 8.98. The van der Waals surface area contributed by atoms with Gasteiger partial charge in [0.1, 0.15) is 0 Å². The van der Waals surface area contributed by atoms with Crippen LogP contribution in [0.2, 0.25) is 0 Å². The molecule has 3 nitrogen and oxygen atoms in total. The van der Waals surface area contributed by atoms with Gasteiger partial charge in [0.05, 0.1) is 12.0 Å². The third-order valence-electron chi connectivity index (χ3n) is 4.18. The zero-order valence-corrected chi connectivity index (χ0v) is 12.1. The van der Waals surface area contributed by atoms with E-state index in [2.05, 4.69) is 32.0 Å². The Bertz CT molecular complexity index is 478. The number of aliphatic hydroxyl groups is 1. The van der Waals surface area contributed by atoms with Crippen LogP contribution in [0.1, 0.15) is 29.5 Å². The van der Waals surface area contributed by atoms with E-state index in [1.807, 2.05) is 7.05 Å². The molecule has 0 bridgehead atoms. The van der Waals surface area contributed by atoms with Crippen LogP contribution in [0.4, 0.5) is 0 Å². The van der Waals surface area contributed by atoms with E-state index in [0.29, 0.717) is 6.54 Å². The highest BCUT2D eigenvalue weighted by Crippen LogP contribution is 2.46. The van der Waals surface area contributed by atoms with Crippen molar-refractivity contribution in [2.75, 3.05) is 20.2 Å². The average molecular weight is 261 g/mol. The Morgan fingerprint density at radius 3 is 2.63 bits per heavy atom. The van der Waals surface area contributed by atoms with E-state index >= 15 is 0 Å². The zero-order valence-electron chi connectivity index (χ0n) is 12.1. The summed E-state index contributed by atoms with van der Waals surface area (Å²) >= 11 is 0. The molecular formula is C16H23NO2. The van der Waals surface area contributed by atoms with Crippen LogP contribution in [-0.2, 0) is 11.2 Å². The van der Waals surface area contributed by atoms with Crippen LogP contribution < -0.4 is 0 Å². The summed E-state index contributed by atoms with van der Waals surface area (Å²) < 4.78 is 0. The van der Waals surface area contributed by atoms with Crippen LogP contribution >= 0.6 is 0 Å². The Hall–Kier alpha value is -1.35. The molecule has 0 unspecified atom stereocenters. The molecule has 0 aliphatic heterocycles. The highest BCUT2D eigenvalue weighted by atomic mass is 16.3. The van der Waals surface area contributed by atoms with Crippen molar-refractivity contribution in [2.24, 2.45) is 5.41 Å². The van der Waals surface area contributed by atoms with Crippen molar-refractivity contribution in [1.29, 1.82) is 0 Å². The molecule has 0 atom stereocenters. The predicted octanol–water partition coefficient (Wildman–Crippen LogP) is 2.08. The molecule has 1 aromatic carbocycles. The number of carbonyl (C=O) groups excluding carboxylic acids is 1. The lowest BCUT2D eigenvalue weighted by Crippen LogP contribution is -2.37. The Balaban J connectivity index is 1.95. The number of likely N-dealkylation sites (N-methyl/N-ethyl adjacent to an activating group) is 1. The molecule has 1 saturated carbocycles. The van der Waals surface area contributed by atoms with E-state index in [9.17, 15) is 9.90 Å². The molecule has 2 rings (SSSR count). The number of benzene rings is 1. The largest absolute Gasteiger partial charge is 0.395 e. The van der Waals surface area contributed by atoms with E-state index in [4.69, 9.17) is 0 Å². The number of aryl methyl sites for hydroxylation is 2. The van der Waals surface area contributed by atoms with Gasteiger partial charge in [0.25, 0.3) is 0 Å². The lowest BCUT2D eigenvalue weighted by Gasteiger charge is -2.22. The fourth-order valence-electron chi connectivity index (χ4n) is 2.45. The summed E-state index contributed by atoms with van der Waals surface area (Å²) in [5.74, 6) is 0.0975. The zero-order chi connectivity index (χ0) is 14.0. The van der Waals surface area contributed by atoms with Crippen LogP contribution in [0.3, 0.4) is 0 Å². The molecule has 0 radical (unpaired) electrons. The third-order valence-corrected chi connectivity index (χ3v) is 4.18. The standard InChI is InChI=1S/C16H23NO2/c1-12-4-5-13(2)14(10-12)6-9-17(3)15(19)16(11-18)7-8-16/h4-5,10,18H,6-9,11H2,1-3H3. The molecule has 1 N–H and O–H groups in total. The molecule has 3 heteroatoms. The number of hydrogen-bond acceptors (Lipinski definition) is 2.